The second-order valence-corrected chi connectivity index (χ2v) is 6.05. The lowest BCUT2D eigenvalue weighted by atomic mass is 9.99. The van der Waals surface area contributed by atoms with Crippen molar-refractivity contribution in [2.24, 2.45) is 0 Å². The molecule has 0 saturated heterocycles. The van der Waals surface area contributed by atoms with E-state index in [1.807, 2.05) is 6.07 Å². The van der Waals surface area contributed by atoms with Gasteiger partial charge in [-0.2, -0.15) is 0 Å². The summed E-state index contributed by atoms with van der Waals surface area (Å²) in [5.41, 5.74) is 3.32. The lowest BCUT2D eigenvalue weighted by Gasteiger charge is -2.17. The van der Waals surface area contributed by atoms with Gasteiger partial charge < -0.3 is 14.8 Å². The van der Waals surface area contributed by atoms with Gasteiger partial charge in [-0.25, -0.2) is 4.79 Å². The van der Waals surface area contributed by atoms with Crippen molar-refractivity contribution < 1.29 is 23.9 Å². The molecule has 1 N–H and O–H groups in total. The molecule has 134 valence electrons. The first-order valence-electron chi connectivity index (χ1n) is 8.28. The topological polar surface area (TPSA) is 81.7 Å². The Labute approximate surface area is 151 Å². The van der Waals surface area contributed by atoms with Crippen molar-refractivity contribution in [3.8, 4) is 0 Å². The van der Waals surface area contributed by atoms with E-state index in [1.54, 1.807) is 43.5 Å². The number of hydrogen-bond donors (Lipinski definition) is 1. The van der Waals surface area contributed by atoms with Crippen molar-refractivity contribution in [2.45, 2.75) is 19.4 Å². The molecule has 6 heteroatoms. The third-order valence-corrected chi connectivity index (χ3v) is 4.13. The Kier molecular flexibility index (Phi) is 5.43. The average molecular weight is 353 g/mol. The largest absolute Gasteiger partial charge is 0.454 e. The normalized spacial score (nSPS) is 12.9. The number of ketones is 1. The van der Waals surface area contributed by atoms with Gasteiger partial charge in [0.05, 0.1) is 12.2 Å². The Morgan fingerprint density at radius 3 is 2.73 bits per heavy atom. The van der Waals surface area contributed by atoms with Crippen LogP contribution in [0, 0.1) is 0 Å². The van der Waals surface area contributed by atoms with Crippen LogP contribution in [0.5, 0.6) is 0 Å². The van der Waals surface area contributed by atoms with Gasteiger partial charge in [-0.1, -0.05) is 12.1 Å². The predicted molar refractivity (Wildman–Crippen MR) is 95.2 cm³/mol. The van der Waals surface area contributed by atoms with Crippen LogP contribution < -0.4 is 5.32 Å². The number of carbonyl (C=O) groups excluding carboxylic acids is 3. The number of nitrogens with one attached hydrogen (secondary N) is 1. The van der Waals surface area contributed by atoms with E-state index < -0.39 is 5.97 Å². The van der Waals surface area contributed by atoms with Crippen molar-refractivity contribution >= 4 is 23.3 Å². The number of methoxy groups -OCH3 is 1. The summed E-state index contributed by atoms with van der Waals surface area (Å²) < 4.78 is 10.2. The number of ether oxygens (including phenoxy) is 2. The maximum absolute atomic E-state index is 12.3. The van der Waals surface area contributed by atoms with Crippen LogP contribution >= 0.6 is 0 Å². The third kappa shape index (κ3) is 4.15. The Morgan fingerprint density at radius 1 is 1.08 bits per heavy atom. The standard InChI is InChI=1S/C20H19NO5/c1-25-11-13-3-2-4-16(9-13)20(24)26-12-18(22)15-5-7-17-14(10-15)6-8-19(23)21-17/h2-5,7,9-10H,6,8,11-12H2,1H3,(H,21,23). The number of carbonyl (C=O) groups is 3. The zero-order valence-electron chi connectivity index (χ0n) is 14.4. The zero-order chi connectivity index (χ0) is 18.5. The lowest BCUT2D eigenvalue weighted by Crippen LogP contribution is -2.20. The van der Waals surface area contributed by atoms with Crippen molar-refractivity contribution in [2.75, 3.05) is 19.0 Å². The minimum atomic E-state index is -0.554. The number of hydrogen-bond acceptors (Lipinski definition) is 5. The van der Waals surface area contributed by atoms with Crippen molar-refractivity contribution in [3.05, 3.63) is 64.7 Å². The molecule has 1 aliphatic heterocycles. The fourth-order valence-electron chi connectivity index (χ4n) is 2.81. The summed E-state index contributed by atoms with van der Waals surface area (Å²) in [4.78, 5) is 35.8. The van der Waals surface area contributed by atoms with Crippen LogP contribution in [0.4, 0.5) is 5.69 Å². The highest BCUT2D eigenvalue weighted by atomic mass is 16.5. The highest BCUT2D eigenvalue weighted by molar-refractivity contribution is 6.01. The maximum Gasteiger partial charge on any atom is 0.338 e. The average Bonchev–Trinajstić information content (AvgIpc) is 2.66. The molecule has 1 aliphatic rings. The van der Waals surface area contributed by atoms with E-state index in [0.29, 0.717) is 30.6 Å². The highest BCUT2D eigenvalue weighted by Gasteiger charge is 2.18. The van der Waals surface area contributed by atoms with Gasteiger partial charge in [0.15, 0.2) is 12.4 Å². The Bertz CT molecular complexity index is 859. The SMILES string of the molecule is COCc1cccc(C(=O)OCC(=O)c2ccc3c(c2)CCC(=O)N3)c1. The monoisotopic (exact) mass is 353 g/mol. The van der Waals surface area contributed by atoms with Crippen LogP contribution in [0.1, 0.15) is 38.3 Å². The number of fused-ring (bicyclic) bond motifs is 1. The van der Waals surface area contributed by atoms with Crippen molar-refractivity contribution in [1.29, 1.82) is 0 Å². The van der Waals surface area contributed by atoms with Crippen LogP contribution in [0.15, 0.2) is 42.5 Å². The zero-order valence-corrected chi connectivity index (χ0v) is 14.4. The van der Waals surface area contributed by atoms with Crippen molar-refractivity contribution in [1.82, 2.24) is 0 Å². The van der Waals surface area contributed by atoms with Gasteiger partial charge in [0.25, 0.3) is 0 Å². The number of amides is 1. The molecule has 0 unspecified atom stereocenters. The summed E-state index contributed by atoms with van der Waals surface area (Å²) in [5.74, 6) is -0.867. The molecule has 1 amide bonds. The van der Waals surface area contributed by atoms with E-state index in [4.69, 9.17) is 9.47 Å². The summed E-state index contributed by atoms with van der Waals surface area (Å²) >= 11 is 0. The molecule has 0 atom stereocenters. The van der Waals surface area contributed by atoms with Gasteiger partial charge in [-0.05, 0) is 47.9 Å². The molecule has 0 aromatic heterocycles. The second kappa shape index (κ2) is 7.93. The molecular weight excluding hydrogens is 334 g/mol. The fourth-order valence-corrected chi connectivity index (χ4v) is 2.81. The van der Waals surface area contributed by atoms with Crippen molar-refractivity contribution in [3.63, 3.8) is 0 Å². The van der Waals surface area contributed by atoms with Gasteiger partial charge in [-0.3, -0.25) is 9.59 Å². The molecular formula is C20H19NO5. The first kappa shape index (κ1) is 17.8. The molecule has 0 bridgehead atoms. The van der Waals surface area contributed by atoms with E-state index in [2.05, 4.69) is 5.32 Å². The number of Topliss-reactive ketones (excluding diaryl/α,β-unsaturated/α-hetero) is 1. The van der Waals surface area contributed by atoms with E-state index in [1.165, 1.54) is 0 Å². The smallest absolute Gasteiger partial charge is 0.338 e. The molecule has 0 radical (unpaired) electrons. The van der Waals surface area contributed by atoms with E-state index in [9.17, 15) is 14.4 Å². The second-order valence-electron chi connectivity index (χ2n) is 6.05. The molecule has 0 aliphatic carbocycles. The predicted octanol–water partition coefficient (Wildman–Crippen LogP) is 2.76. The number of rotatable bonds is 6. The van der Waals surface area contributed by atoms with E-state index in [0.717, 1.165) is 16.8 Å². The van der Waals surface area contributed by atoms with Gasteiger partial charge in [0.2, 0.25) is 5.91 Å². The number of benzene rings is 2. The molecule has 0 fully saturated rings. The molecule has 26 heavy (non-hydrogen) atoms. The van der Waals surface area contributed by atoms with Gasteiger partial charge in [0, 0.05) is 24.8 Å². The van der Waals surface area contributed by atoms with Crippen LogP contribution in [0.25, 0.3) is 0 Å². The third-order valence-electron chi connectivity index (χ3n) is 4.13. The molecule has 2 aromatic rings. The molecule has 0 spiro atoms. The summed E-state index contributed by atoms with van der Waals surface area (Å²) in [6, 6.07) is 12.0. The first-order valence-corrected chi connectivity index (χ1v) is 8.28. The van der Waals surface area contributed by atoms with Crippen LogP contribution in [-0.4, -0.2) is 31.4 Å². The number of aryl methyl sites for hydroxylation is 1. The Morgan fingerprint density at radius 2 is 1.92 bits per heavy atom. The van der Waals surface area contributed by atoms with Gasteiger partial charge >= 0.3 is 5.97 Å². The van der Waals surface area contributed by atoms with Gasteiger partial charge in [-0.15, -0.1) is 0 Å². The number of anilines is 1. The summed E-state index contributed by atoms with van der Waals surface area (Å²) in [6.45, 7) is 0.0597. The summed E-state index contributed by atoms with van der Waals surface area (Å²) in [5, 5.41) is 2.77. The maximum atomic E-state index is 12.3. The minimum Gasteiger partial charge on any atom is -0.454 e. The highest BCUT2D eigenvalue weighted by Crippen LogP contribution is 2.23. The molecule has 0 saturated carbocycles. The van der Waals surface area contributed by atoms with E-state index in [-0.39, 0.29) is 18.3 Å². The quantitative estimate of drug-likeness (QED) is 0.638. The Hall–Kier alpha value is -2.99. The Balaban J connectivity index is 1.63. The molecule has 3 rings (SSSR count). The molecule has 1 heterocycles. The minimum absolute atomic E-state index is 0.0267. The van der Waals surface area contributed by atoms with Crippen LogP contribution in [0.2, 0.25) is 0 Å². The first-order chi connectivity index (χ1) is 12.6. The van der Waals surface area contributed by atoms with Crippen LogP contribution in [0.3, 0.4) is 0 Å². The van der Waals surface area contributed by atoms with Gasteiger partial charge in [0.1, 0.15) is 0 Å². The molecule has 2 aromatic carbocycles. The molecule has 6 nitrogen and oxygen atoms in total. The summed E-state index contributed by atoms with van der Waals surface area (Å²) in [7, 11) is 1.58. The fraction of sp³-hybridized carbons (Fsp3) is 0.250. The van der Waals surface area contributed by atoms with E-state index >= 15 is 0 Å². The van der Waals surface area contributed by atoms with Crippen LogP contribution in [-0.2, 0) is 27.3 Å². The summed E-state index contributed by atoms with van der Waals surface area (Å²) in [6.07, 6.45) is 0.992. The lowest BCUT2D eigenvalue weighted by molar-refractivity contribution is -0.116. The number of esters is 1.